The van der Waals surface area contributed by atoms with Crippen LogP contribution in [0.2, 0.25) is 0 Å². The quantitative estimate of drug-likeness (QED) is 0.828. The number of rotatable bonds is 5. The maximum atomic E-state index is 11.7. The fraction of sp³-hybridized carbons (Fsp3) is 0.133. The number of carbonyl (C=O) groups excluding carboxylic acids is 1. The van der Waals surface area contributed by atoms with Crippen LogP contribution < -0.4 is 5.32 Å². The van der Waals surface area contributed by atoms with Gasteiger partial charge in [-0.1, -0.05) is 30.9 Å². The highest BCUT2D eigenvalue weighted by Gasteiger charge is 2.20. The van der Waals surface area contributed by atoms with Crippen LogP contribution in [0.1, 0.15) is 15.9 Å². The van der Waals surface area contributed by atoms with E-state index in [9.17, 15) is 14.7 Å². The van der Waals surface area contributed by atoms with E-state index in [1.165, 1.54) is 17.0 Å². The summed E-state index contributed by atoms with van der Waals surface area (Å²) in [5.41, 5.74) is 1.41. The van der Waals surface area contributed by atoms with Gasteiger partial charge in [0.15, 0.2) is 5.82 Å². The van der Waals surface area contributed by atoms with Gasteiger partial charge in [0.25, 0.3) is 0 Å². The average Bonchev–Trinajstić information content (AvgIpc) is 2.89. The summed E-state index contributed by atoms with van der Waals surface area (Å²) in [5, 5.41) is 15.7. The van der Waals surface area contributed by atoms with Crippen molar-refractivity contribution in [3.05, 3.63) is 54.2 Å². The van der Waals surface area contributed by atoms with Gasteiger partial charge in [-0.05, 0) is 18.6 Å². The second-order valence-corrected chi connectivity index (χ2v) is 4.42. The molecule has 0 bridgehead atoms. The van der Waals surface area contributed by atoms with Gasteiger partial charge in [0.1, 0.15) is 12.2 Å². The Morgan fingerprint density at radius 2 is 2.18 bits per heavy atom. The summed E-state index contributed by atoms with van der Waals surface area (Å²) in [6, 6.07) is 7.28. The van der Waals surface area contributed by atoms with Gasteiger partial charge in [-0.3, -0.25) is 5.32 Å². The van der Waals surface area contributed by atoms with Crippen LogP contribution >= 0.6 is 0 Å². The molecule has 1 aromatic heterocycles. The fourth-order valence-corrected chi connectivity index (χ4v) is 1.88. The molecule has 1 aromatic carbocycles. The van der Waals surface area contributed by atoms with E-state index in [1.54, 1.807) is 12.1 Å². The Bertz CT molecular complexity index is 721. The molecule has 0 fully saturated rings. The Morgan fingerprint density at radius 1 is 1.45 bits per heavy atom. The number of ether oxygens (including phenoxy) is 1. The van der Waals surface area contributed by atoms with Gasteiger partial charge in [0.2, 0.25) is 0 Å². The van der Waals surface area contributed by atoms with Crippen molar-refractivity contribution in [3.8, 4) is 5.69 Å². The zero-order valence-corrected chi connectivity index (χ0v) is 11.9. The van der Waals surface area contributed by atoms with Gasteiger partial charge in [-0.25, -0.2) is 14.3 Å². The minimum Gasteiger partial charge on any atom is -0.477 e. The smallest absolute Gasteiger partial charge is 0.413 e. The van der Waals surface area contributed by atoms with Crippen LogP contribution in [0.3, 0.4) is 0 Å². The van der Waals surface area contributed by atoms with Gasteiger partial charge < -0.3 is 9.84 Å². The van der Waals surface area contributed by atoms with Gasteiger partial charge in [-0.15, -0.1) is 0 Å². The Labute approximate surface area is 126 Å². The topological polar surface area (TPSA) is 93.4 Å². The molecular formula is C15H15N3O4. The largest absolute Gasteiger partial charge is 0.477 e. The molecule has 0 radical (unpaired) electrons. The number of hydrogen-bond acceptors (Lipinski definition) is 4. The molecule has 2 N–H and O–H groups in total. The maximum absolute atomic E-state index is 11.7. The van der Waals surface area contributed by atoms with Crippen LogP contribution in [-0.2, 0) is 4.74 Å². The lowest BCUT2D eigenvalue weighted by atomic mass is 10.2. The average molecular weight is 301 g/mol. The molecule has 0 unspecified atom stereocenters. The third-order valence-electron chi connectivity index (χ3n) is 2.90. The first-order valence-electron chi connectivity index (χ1n) is 6.46. The first-order valence-corrected chi connectivity index (χ1v) is 6.46. The molecular weight excluding hydrogens is 286 g/mol. The number of para-hydroxylation sites is 1. The van der Waals surface area contributed by atoms with Gasteiger partial charge in [-0.2, -0.15) is 5.10 Å². The van der Waals surface area contributed by atoms with E-state index in [2.05, 4.69) is 17.0 Å². The number of nitrogens with zero attached hydrogens (tertiary/aromatic N) is 2. The monoisotopic (exact) mass is 301 g/mol. The van der Waals surface area contributed by atoms with Crippen molar-refractivity contribution in [2.24, 2.45) is 0 Å². The van der Waals surface area contributed by atoms with E-state index in [-0.39, 0.29) is 18.0 Å². The Kier molecular flexibility index (Phi) is 4.57. The van der Waals surface area contributed by atoms with E-state index in [1.807, 2.05) is 19.1 Å². The van der Waals surface area contributed by atoms with Gasteiger partial charge in [0, 0.05) is 0 Å². The van der Waals surface area contributed by atoms with E-state index >= 15 is 0 Å². The normalized spacial score (nSPS) is 10.0. The van der Waals surface area contributed by atoms with E-state index < -0.39 is 12.1 Å². The lowest BCUT2D eigenvalue weighted by molar-refractivity contribution is 0.0698. The summed E-state index contributed by atoms with van der Waals surface area (Å²) in [4.78, 5) is 23.0. The van der Waals surface area contributed by atoms with Crippen molar-refractivity contribution in [3.63, 3.8) is 0 Å². The first kappa shape index (κ1) is 15.3. The number of carbonyl (C=O) groups is 2. The Balaban J connectivity index is 2.43. The molecule has 7 nitrogen and oxygen atoms in total. The third kappa shape index (κ3) is 3.14. The molecule has 1 amide bonds. The second-order valence-electron chi connectivity index (χ2n) is 4.42. The molecule has 0 atom stereocenters. The summed E-state index contributed by atoms with van der Waals surface area (Å²) in [6.45, 7) is 5.31. The van der Waals surface area contributed by atoms with Crippen molar-refractivity contribution in [1.29, 1.82) is 0 Å². The van der Waals surface area contributed by atoms with Crippen LogP contribution in [0.15, 0.2) is 43.1 Å². The number of carboxylic acids is 1. The van der Waals surface area contributed by atoms with E-state index in [4.69, 9.17) is 4.74 Å². The second kappa shape index (κ2) is 6.57. The van der Waals surface area contributed by atoms with Gasteiger partial charge >= 0.3 is 12.1 Å². The molecule has 0 aliphatic heterocycles. The van der Waals surface area contributed by atoms with Gasteiger partial charge in [0.05, 0.1) is 11.9 Å². The standard InChI is InChI=1S/C15H15N3O4/c1-3-8-22-15(21)17-13-11(14(19)20)9-16-18(13)12-7-5-4-6-10(12)2/h3-7,9H,1,8H2,2H3,(H,17,21)(H,19,20). The maximum Gasteiger partial charge on any atom is 0.413 e. The number of nitrogens with one attached hydrogen (secondary N) is 1. The molecule has 1 heterocycles. The van der Waals surface area contributed by atoms with Crippen LogP contribution in [-0.4, -0.2) is 33.6 Å². The number of amides is 1. The van der Waals surface area contributed by atoms with Crippen molar-refractivity contribution < 1.29 is 19.4 Å². The predicted octanol–water partition coefficient (Wildman–Crippen LogP) is 2.61. The summed E-state index contributed by atoms with van der Waals surface area (Å²) in [6.07, 6.45) is 1.81. The summed E-state index contributed by atoms with van der Waals surface area (Å²) in [5.74, 6) is -1.16. The number of benzene rings is 1. The zero-order valence-electron chi connectivity index (χ0n) is 11.9. The predicted molar refractivity (Wildman–Crippen MR) is 80.4 cm³/mol. The van der Waals surface area contributed by atoms with Crippen molar-refractivity contribution >= 4 is 17.9 Å². The molecule has 2 rings (SSSR count). The highest BCUT2D eigenvalue weighted by Crippen LogP contribution is 2.22. The highest BCUT2D eigenvalue weighted by atomic mass is 16.5. The molecule has 0 spiro atoms. The van der Waals surface area contributed by atoms with Crippen LogP contribution in [0.25, 0.3) is 5.69 Å². The molecule has 22 heavy (non-hydrogen) atoms. The number of aryl methyl sites for hydroxylation is 1. The number of hydrogen-bond donors (Lipinski definition) is 2. The molecule has 114 valence electrons. The third-order valence-corrected chi connectivity index (χ3v) is 2.90. The molecule has 2 aromatic rings. The Morgan fingerprint density at radius 3 is 2.82 bits per heavy atom. The SMILES string of the molecule is C=CCOC(=O)Nc1c(C(=O)O)cnn1-c1ccccc1C. The molecule has 7 heteroatoms. The number of aromatic carboxylic acids is 1. The van der Waals surface area contributed by atoms with E-state index in [0.717, 1.165) is 5.56 Å². The molecule has 0 saturated heterocycles. The van der Waals surface area contributed by atoms with Crippen LogP contribution in [0.4, 0.5) is 10.6 Å². The van der Waals surface area contributed by atoms with Crippen LogP contribution in [0, 0.1) is 6.92 Å². The lowest BCUT2D eigenvalue weighted by Gasteiger charge is -2.11. The summed E-state index contributed by atoms with van der Waals surface area (Å²) < 4.78 is 6.17. The number of carboxylic acid groups (broad SMARTS) is 1. The zero-order chi connectivity index (χ0) is 16.1. The van der Waals surface area contributed by atoms with E-state index in [0.29, 0.717) is 5.69 Å². The number of anilines is 1. The summed E-state index contributed by atoms with van der Waals surface area (Å²) in [7, 11) is 0. The minimum absolute atomic E-state index is 0.0206. The van der Waals surface area contributed by atoms with Crippen molar-refractivity contribution in [1.82, 2.24) is 9.78 Å². The fourth-order valence-electron chi connectivity index (χ4n) is 1.88. The minimum atomic E-state index is -1.20. The van der Waals surface area contributed by atoms with Crippen molar-refractivity contribution in [2.75, 3.05) is 11.9 Å². The molecule has 0 saturated carbocycles. The van der Waals surface area contributed by atoms with Crippen molar-refractivity contribution in [2.45, 2.75) is 6.92 Å². The first-order chi connectivity index (χ1) is 10.5. The molecule has 0 aliphatic carbocycles. The van der Waals surface area contributed by atoms with Crippen LogP contribution in [0.5, 0.6) is 0 Å². The molecule has 0 aliphatic rings. The summed E-state index contributed by atoms with van der Waals surface area (Å²) >= 11 is 0. The lowest BCUT2D eigenvalue weighted by Crippen LogP contribution is -2.18. The Hall–Kier alpha value is -3.09. The highest BCUT2D eigenvalue weighted by molar-refractivity contribution is 5.97. The number of aromatic nitrogens is 2.